The van der Waals surface area contributed by atoms with E-state index >= 15 is 0 Å². The van der Waals surface area contributed by atoms with Crippen LogP contribution in [0.25, 0.3) is 10.6 Å². The maximum atomic E-state index is 12.0. The fourth-order valence-corrected chi connectivity index (χ4v) is 2.32. The number of carbonyl (C=O) groups is 1. The average Bonchev–Trinajstić information content (AvgIpc) is 2.91. The number of nitrogens with one attached hydrogen (secondary N) is 1. The molecule has 2 rings (SSSR count). The number of hydrogen-bond donors (Lipinski definition) is 2. The first-order chi connectivity index (χ1) is 9.38. The summed E-state index contributed by atoms with van der Waals surface area (Å²) in [6.45, 7) is 5.84. The lowest BCUT2D eigenvalue weighted by atomic mass is 9.87. The number of carbonyl (C=O) groups excluding carboxylic acids is 1. The van der Waals surface area contributed by atoms with Gasteiger partial charge in [0, 0.05) is 22.8 Å². The van der Waals surface area contributed by atoms with Crippen molar-refractivity contribution in [2.75, 3.05) is 5.32 Å². The zero-order valence-corrected chi connectivity index (χ0v) is 12.7. The Labute approximate surface area is 123 Å². The minimum Gasteiger partial charge on any atom is -0.325 e. The molecular weight excluding hydrogens is 270 g/mol. The summed E-state index contributed by atoms with van der Waals surface area (Å²) < 4.78 is 0. The van der Waals surface area contributed by atoms with Crippen LogP contribution in [0, 0.1) is 5.41 Å². The van der Waals surface area contributed by atoms with E-state index in [0.717, 1.165) is 16.3 Å². The van der Waals surface area contributed by atoms with Crippen LogP contribution >= 0.6 is 11.3 Å². The van der Waals surface area contributed by atoms with Gasteiger partial charge in [-0.25, -0.2) is 4.98 Å². The molecule has 0 aliphatic rings. The summed E-state index contributed by atoms with van der Waals surface area (Å²) in [5, 5.41) is 5.74. The molecule has 3 N–H and O–H groups in total. The van der Waals surface area contributed by atoms with Gasteiger partial charge in [-0.3, -0.25) is 4.79 Å². The van der Waals surface area contributed by atoms with Crippen molar-refractivity contribution < 1.29 is 4.79 Å². The Morgan fingerprint density at radius 1 is 1.30 bits per heavy atom. The molecule has 2 aromatic rings. The van der Waals surface area contributed by atoms with Gasteiger partial charge in [-0.1, -0.05) is 20.8 Å². The van der Waals surface area contributed by atoms with Crippen LogP contribution in [0.5, 0.6) is 0 Å². The highest BCUT2D eigenvalue weighted by atomic mass is 32.1. The summed E-state index contributed by atoms with van der Waals surface area (Å²) in [7, 11) is 0. The highest BCUT2D eigenvalue weighted by Crippen LogP contribution is 2.24. The van der Waals surface area contributed by atoms with Crippen molar-refractivity contribution in [1.82, 2.24) is 4.98 Å². The molecule has 0 bridgehead atoms. The highest BCUT2D eigenvalue weighted by molar-refractivity contribution is 7.13. The number of nitrogens with two attached hydrogens (primary N) is 1. The molecule has 1 atom stereocenters. The Morgan fingerprint density at radius 3 is 2.45 bits per heavy atom. The lowest BCUT2D eigenvalue weighted by Crippen LogP contribution is -2.45. The summed E-state index contributed by atoms with van der Waals surface area (Å²) >= 11 is 1.59. The number of nitrogens with zero attached hydrogens (tertiary/aromatic N) is 1. The van der Waals surface area contributed by atoms with Gasteiger partial charge in [0.2, 0.25) is 5.91 Å². The van der Waals surface area contributed by atoms with Gasteiger partial charge in [0.05, 0.1) is 6.04 Å². The molecule has 0 spiro atoms. The fourth-order valence-electron chi connectivity index (χ4n) is 1.68. The van der Waals surface area contributed by atoms with Gasteiger partial charge in [-0.2, -0.15) is 0 Å². The first-order valence-corrected chi connectivity index (χ1v) is 7.32. The second-order valence-corrected chi connectivity index (χ2v) is 6.64. The first-order valence-electron chi connectivity index (χ1n) is 6.44. The van der Waals surface area contributed by atoms with E-state index in [2.05, 4.69) is 10.3 Å². The second-order valence-electron chi connectivity index (χ2n) is 5.75. The number of rotatable bonds is 3. The summed E-state index contributed by atoms with van der Waals surface area (Å²) in [5.41, 5.74) is 7.46. The van der Waals surface area contributed by atoms with E-state index in [1.165, 1.54) is 0 Å². The predicted octanol–water partition coefficient (Wildman–Crippen LogP) is 3.12. The van der Waals surface area contributed by atoms with Gasteiger partial charge in [0.15, 0.2) is 0 Å². The number of aromatic nitrogens is 1. The molecule has 0 aliphatic heterocycles. The number of anilines is 1. The summed E-state index contributed by atoms with van der Waals surface area (Å²) in [4.78, 5) is 16.3. The highest BCUT2D eigenvalue weighted by Gasteiger charge is 2.27. The molecule has 0 aliphatic carbocycles. The van der Waals surface area contributed by atoms with E-state index in [0.29, 0.717) is 0 Å². The summed E-state index contributed by atoms with van der Waals surface area (Å²) in [5.74, 6) is -0.167. The third kappa shape index (κ3) is 3.43. The predicted molar refractivity (Wildman–Crippen MR) is 83.6 cm³/mol. The molecule has 106 valence electrons. The van der Waals surface area contributed by atoms with E-state index in [1.54, 1.807) is 17.5 Å². The number of hydrogen-bond acceptors (Lipinski definition) is 4. The average molecular weight is 289 g/mol. The van der Waals surface area contributed by atoms with Crippen molar-refractivity contribution in [2.45, 2.75) is 26.8 Å². The van der Waals surface area contributed by atoms with E-state index < -0.39 is 6.04 Å². The first kappa shape index (κ1) is 14.7. The minimum absolute atomic E-state index is 0.167. The third-order valence-corrected chi connectivity index (χ3v) is 3.87. The van der Waals surface area contributed by atoms with Crippen molar-refractivity contribution in [3.05, 3.63) is 35.8 Å². The number of amides is 1. The molecule has 0 radical (unpaired) electrons. The smallest absolute Gasteiger partial charge is 0.241 e. The Kier molecular flexibility index (Phi) is 4.20. The lowest BCUT2D eigenvalue weighted by Gasteiger charge is -2.25. The SMILES string of the molecule is CC(C)(C)C(N)C(=O)Nc1ccc(-c2nccs2)cc1. The van der Waals surface area contributed by atoms with Crippen LogP contribution in [0.15, 0.2) is 35.8 Å². The molecule has 1 unspecified atom stereocenters. The molecule has 5 heteroatoms. The quantitative estimate of drug-likeness (QED) is 0.912. The van der Waals surface area contributed by atoms with Crippen LogP contribution < -0.4 is 11.1 Å². The Morgan fingerprint density at radius 2 is 1.95 bits per heavy atom. The standard InChI is InChI=1S/C15H19N3OS/c1-15(2,3)12(16)13(19)18-11-6-4-10(5-7-11)14-17-8-9-20-14/h4-9,12H,16H2,1-3H3,(H,18,19). The van der Waals surface area contributed by atoms with Crippen molar-refractivity contribution in [1.29, 1.82) is 0 Å². The molecule has 1 amide bonds. The normalized spacial score (nSPS) is 13.0. The summed E-state index contributed by atoms with van der Waals surface area (Å²) in [6, 6.07) is 7.07. The van der Waals surface area contributed by atoms with Crippen molar-refractivity contribution in [3.8, 4) is 10.6 Å². The molecule has 0 saturated heterocycles. The largest absolute Gasteiger partial charge is 0.325 e. The lowest BCUT2D eigenvalue weighted by molar-refractivity contribution is -0.119. The van der Waals surface area contributed by atoms with E-state index in [4.69, 9.17) is 5.73 Å². The van der Waals surface area contributed by atoms with Crippen LogP contribution in [0.3, 0.4) is 0 Å². The van der Waals surface area contributed by atoms with Gasteiger partial charge in [-0.15, -0.1) is 11.3 Å². The van der Waals surface area contributed by atoms with Crippen molar-refractivity contribution in [2.24, 2.45) is 11.1 Å². The number of benzene rings is 1. The van der Waals surface area contributed by atoms with Crippen LogP contribution in [-0.2, 0) is 4.79 Å². The monoisotopic (exact) mass is 289 g/mol. The molecule has 0 saturated carbocycles. The molecule has 4 nitrogen and oxygen atoms in total. The topological polar surface area (TPSA) is 68.0 Å². The van der Waals surface area contributed by atoms with Crippen LogP contribution in [0.1, 0.15) is 20.8 Å². The Hall–Kier alpha value is -1.72. The van der Waals surface area contributed by atoms with E-state index in [-0.39, 0.29) is 11.3 Å². The van der Waals surface area contributed by atoms with Gasteiger partial charge < -0.3 is 11.1 Å². The minimum atomic E-state index is -0.541. The van der Waals surface area contributed by atoms with Gasteiger partial charge in [-0.05, 0) is 29.7 Å². The molecule has 20 heavy (non-hydrogen) atoms. The molecule has 1 heterocycles. The molecular formula is C15H19N3OS. The maximum Gasteiger partial charge on any atom is 0.241 e. The molecule has 1 aromatic carbocycles. The number of thiazole rings is 1. The van der Waals surface area contributed by atoms with Crippen molar-refractivity contribution in [3.63, 3.8) is 0 Å². The molecule has 1 aromatic heterocycles. The zero-order chi connectivity index (χ0) is 14.8. The van der Waals surface area contributed by atoms with Crippen LogP contribution in [0.4, 0.5) is 5.69 Å². The van der Waals surface area contributed by atoms with E-state index in [9.17, 15) is 4.79 Å². The van der Waals surface area contributed by atoms with Gasteiger partial charge in [0.25, 0.3) is 0 Å². The fraction of sp³-hybridized carbons (Fsp3) is 0.333. The van der Waals surface area contributed by atoms with Crippen molar-refractivity contribution >= 4 is 22.9 Å². The van der Waals surface area contributed by atoms with Crippen LogP contribution in [-0.4, -0.2) is 16.9 Å². The Balaban J connectivity index is 2.06. The summed E-state index contributed by atoms with van der Waals surface area (Å²) in [6.07, 6.45) is 1.78. The second kappa shape index (κ2) is 5.73. The Bertz CT molecular complexity index is 570. The van der Waals surface area contributed by atoms with E-state index in [1.807, 2.05) is 50.4 Å². The van der Waals surface area contributed by atoms with Gasteiger partial charge in [0.1, 0.15) is 5.01 Å². The van der Waals surface area contributed by atoms with Gasteiger partial charge >= 0.3 is 0 Å². The molecule has 0 fully saturated rings. The third-order valence-electron chi connectivity index (χ3n) is 3.05. The maximum absolute atomic E-state index is 12.0. The zero-order valence-electron chi connectivity index (χ0n) is 11.9. The van der Waals surface area contributed by atoms with Crippen LogP contribution in [0.2, 0.25) is 0 Å².